The summed E-state index contributed by atoms with van der Waals surface area (Å²) < 4.78 is 1.15. The number of hydrogen-bond acceptors (Lipinski definition) is 1. The summed E-state index contributed by atoms with van der Waals surface area (Å²) in [4.78, 5) is 0. The van der Waals surface area contributed by atoms with Gasteiger partial charge in [0.25, 0.3) is 0 Å². The number of aryl methyl sites for hydroxylation is 1. The molecule has 1 aromatic carbocycles. The lowest BCUT2D eigenvalue weighted by molar-refractivity contribution is 0.300. The fourth-order valence-corrected chi connectivity index (χ4v) is 3.13. The molecule has 0 unspecified atom stereocenters. The highest BCUT2D eigenvalue weighted by molar-refractivity contribution is 9.10. The lowest BCUT2D eigenvalue weighted by Crippen LogP contribution is -2.39. The van der Waals surface area contributed by atoms with Crippen molar-refractivity contribution in [1.29, 1.82) is 0 Å². The van der Waals surface area contributed by atoms with Gasteiger partial charge in [0, 0.05) is 10.0 Å². The van der Waals surface area contributed by atoms with Crippen LogP contribution < -0.4 is 5.73 Å². The van der Waals surface area contributed by atoms with Gasteiger partial charge >= 0.3 is 0 Å². The third kappa shape index (κ3) is 2.33. The first-order valence-corrected chi connectivity index (χ1v) is 7.03. The molecule has 2 heteroatoms. The molecular formula is C14H20BrN. The first-order chi connectivity index (χ1) is 7.65. The number of rotatable bonds is 2. The van der Waals surface area contributed by atoms with Crippen molar-refractivity contribution in [3.63, 3.8) is 0 Å². The van der Waals surface area contributed by atoms with E-state index in [9.17, 15) is 0 Å². The maximum Gasteiger partial charge on any atom is 0.0412 e. The summed E-state index contributed by atoms with van der Waals surface area (Å²) in [7, 11) is 0. The summed E-state index contributed by atoms with van der Waals surface area (Å²) in [5.41, 5.74) is 9.30. The SMILES string of the molecule is CCc1ccc(Br)cc1C1(N)CCCCC1. The van der Waals surface area contributed by atoms with Crippen molar-refractivity contribution in [2.45, 2.75) is 51.0 Å². The van der Waals surface area contributed by atoms with Crippen LogP contribution in [0, 0.1) is 0 Å². The Hall–Kier alpha value is -0.340. The molecule has 1 saturated carbocycles. The fraction of sp³-hybridized carbons (Fsp3) is 0.571. The molecule has 0 heterocycles. The maximum absolute atomic E-state index is 6.60. The normalized spacial score (nSPS) is 19.7. The van der Waals surface area contributed by atoms with Crippen LogP contribution in [0.15, 0.2) is 22.7 Å². The monoisotopic (exact) mass is 281 g/mol. The lowest BCUT2D eigenvalue weighted by atomic mass is 9.75. The quantitative estimate of drug-likeness (QED) is 0.867. The van der Waals surface area contributed by atoms with Gasteiger partial charge in [0.1, 0.15) is 0 Å². The largest absolute Gasteiger partial charge is 0.321 e. The van der Waals surface area contributed by atoms with Gasteiger partial charge in [0.15, 0.2) is 0 Å². The molecule has 2 rings (SSSR count). The van der Waals surface area contributed by atoms with Gasteiger partial charge in [-0.3, -0.25) is 0 Å². The maximum atomic E-state index is 6.60. The molecule has 0 bridgehead atoms. The van der Waals surface area contributed by atoms with E-state index in [1.54, 1.807) is 0 Å². The Morgan fingerprint density at radius 3 is 2.56 bits per heavy atom. The molecule has 16 heavy (non-hydrogen) atoms. The van der Waals surface area contributed by atoms with Crippen molar-refractivity contribution in [2.24, 2.45) is 5.73 Å². The van der Waals surface area contributed by atoms with Crippen molar-refractivity contribution >= 4 is 15.9 Å². The highest BCUT2D eigenvalue weighted by Crippen LogP contribution is 2.37. The summed E-state index contributed by atoms with van der Waals surface area (Å²) >= 11 is 3.56. The Labute approximate surface area is 107 Å². The molecule has 2 N–H and O–H groups in total. The van der Waals surface area contributed by atoms with E-state index in [1.807, 2.05) is 0 Å². The molecule has 0 saturated heterocycles. The van der Waals surface area contributed by atoms with E-state index in [4.69, 9.17) is 5.73 Å². The molecular weight excluding hydrogens is 262 g/mol. The zero-order valence-electron chi connectivity index (χ0n) is 9.93. The van der Waals surface area contributed by atoms with Crippen LogP contribution >= 0.6 is 15.9 Å². The van der Waals surface area contributed by atoms with Crippen LogP contribution in [0.25, 0.3) is 0 Å². The molecule has 0 radical (unpaired) electrons. The van der Waals surface area contributed by atoms with E-state index < -0.39 is 0 Å². The third-order valence-corrected chi connectivity index (χ3v) is 4.23. The van der Waals surface area contributed by atoms with Gasteiger partial charge in [0.05, 0.1) is 0 Å². The van der Waals surface area contributed by atoms with Crippen LogP contribution in [0.5, 0.6) is 0 Å². The molecule has 0 aromatic heterocycles. The average Bonchev–Trinajstić information content (AvgIpc) is 2.30. The molecule has 1 aliphatic rings. The van der Waals surface area contributed by atoms with Crippen LogP contribution in [0.2, 0.25) is 0 Å². The molecule has 0 amide bonds. The van der Waals surface area contributed by atoms with E-state index >= 15 is 0 Å². The second-order valence-corrected chi connectivity index (χ2v) is 5.79. The van der Waals surface area contributed by atoms with Crippen molar-refractivity contribution in [3.8, 4) is 0 Å². The summed E-state index contributed by atoms with van der Waals surface area (Å²) in [6.07, 6.45) is 7.22. The van der Waals surface area contributed by atoms with Crippen LogP contribution in [0.3, 0.4) is 0 Å². The Morgan fingerprint density at radius 2 is 1.94 bits per heavy atom. The standard InChI is InChI=1S/C14H20BrN/c1-2-11-6-7-12(15)10-13(11)14(16)8-4-3-5-9-14/h6-7,10H,2-5,8-9,16H2,1H3. The van der Waals surface area contributed by atoms with Crippen molar-refractivity contribution in [3.05, 3.63) is 33.8 Å². The number of nitrogens with two attached hydrogens (primary N) is 1. The highest BCUT2D eigenvalue weighted by Gasteiger charge is 2.31. The highest BCUT2D eigenvalue weighted by atomic mass is 79.9. The predicted octanol–water partition coefficient (Wildman–Crippen LogP) is 4.13. The summed E-state index contributed by atoms with van der Waals surface area (Å²) in [5.74, 6) is 0. The van der Waals surface area contributed by atoms with Gasteiger partial charge in [-0.1, -0.05) is 48.2 Å². The summed E-state index contributed by atoms with van der Waals surface area (Å²) in [6.45, 7) is 2.21. The van der Waals surface area contributed by atoms with Crippen LogP contribution in [-0.2, 0) is 12.0 Å². The van der Waals surface area contributed by atoms with Crippen molar-refractivity contribution < 1.29 is 0 Å². The average molecular weight is 282 g/mol. The second kappa shape index (κ2) is 4.89. The molecule has 1 fully saturated rings. The Balaban J connectivity index is 2.40. The lowest BCUT2D eigenvalue weighted by Gasteiger charge is -2.35. The van der Waals surface area contributed by atoms with Crippen molar-refractivity contribution in [1.82, 2.24) is 0 Å². The first kappa shape index (κ1) is 12.1. The van der Waals surface area contributed by atoms with Crippen LogP contribution in [-0.4, -0.2) is 0 Å². The van der Waals surface area contributed by atoms with Gasteiger partial charge in [-0.25, -0.2) is 0 Å². The molecule has 1 aliphatic carbocycles. The van der Waals surface area contributed by atoms with Gasteiger partial charge < -0.3 is 5.73 Å². The second-order valence-electron chi connectivity index (χ2n) is 4.87. The van der Waals surface area contributed by atoms with Gasteiger partial charge in [-0.05, 0) is 42.5 Å². The third-order valence-electron chi connectivity index (χ3n) is 3.74. The molecule has 0 aliphatic heterocycles. The van der Waals surface area contributed by atoms with E-state index in [0.29, 0.717) is 0 Å². The minimum absolute atomic E-state index is 0.0760. The molecule has 0 spiro atoms. The predicted molar refractivity (Wildman–Crippen MR) is 72.5 cm³/mol. The zero-order valence-corrected chi connectivity index (χ0v) is 11.5. The molecule has 1 nitrogen and oxygen atoms in total. The zero-order chi connectivity index (χ0) is 11.6. The Bertz CT molecular complexity index is 367. The fourth-order valence-electron chi connectivity index (χ4n) is 2.77. The van der Waals surface area contributed by atoms with Crippen molar-refractivity contribution in [2.75, 3.05) is 0 Å². The van der Waals surface area contributed by atoms with Gasteiger partial charge in [-0.15, -0.1) is 0 Å². The number of halogens is 1. The van der Waals surface area contributed by atoms with E-state index in [-0.39, 0.29) is 5.54 Å². The Morgan fingerprint density at radius 1 is 1.25 bits per heavy atom. The smallest absolute Gasteiger partial charge is 0.0412 e. The van der Waals surface area contributed by atoms with E-state index in [0.717, 1.165) is 23.7 Å². The number of benzene rings is 1. The number of hydrogen-bond donors (Lipinski definition) is 1. The minimum atomic E-state index is -0.0760. The Kier molecular flexibility index (Phi) is 3.70. The summed E-state index contributed by atoms with van der Waals surface area (Å²) in [5, 5.41) is 0. The molecule has 88 valence electrons. The first-order valence-electron chi connectivity index (χ1n) is 6.23. The van der Waals surface area contributed by atoms with E-state index in [2.05, 4.69) is 41.1 Å². The topological polar surface area (TPSA) is 26.0 Å². The van der Waals surface area contributed by atoms with Crippen LogP contribution in [0.4, 0.5) is 0 Å². The van der Waals surface area contributed by atoms with Gasteiger partial charge in [0.2, 0.25) is 0 Å². The van der Waals surface area contributed by atoms with E-state index in [1.165, 1.54) is 30.4 Å². The van der Waals surface area contributed by atoms with Crippen LogP contribution in [0.1, 0.15) is 50.2 Å². The molecule has 1 aromatic rings. The summed E-state index contributed by atoms with van der Waals surface area (Å²) in [6, 6.07) is 6.56. The van der Waals surface area contributed by atoms with Gasteiger partial charge in [-0.2, -0.15) is 0 Å². The minimum Gasteiger partial charge on any atom is -0.321 e. The molecule has 0 atom stereocenters.